The van der Waals surface area contributed by atoms with Crippen molar-refractivity contribution in [2.24, 2.45) is 10.2 Å². The number of fused-ring (bicyclic) bond motifs is 1. The third kappa shape index (κ3) is 2.33. The van der Waals surface area contributed by atoms with Crippen molar-refractivity contribution >= 4 is 11.3 Å². The monoisotopic (exact) mass is 278 g/mol. The molecule has 1 aromatic carbocycles. The molecule has 0 fully saturated rings. The number of aromatic nitrogens is 2. The smallest absolute Gasteiger partial charge is 0.137 e. The van der Waals surface area contributed by atoms with E-state index in [2.05, 4.69) is 59.9 Å². The Balaban J connectivity index is 2.16. The number of benzene rings is 1. The van der Waals surface area contributed by atoms with Gasteiger partial charge in [-0.25, -0.2) is 4.98 Å². The van der Waals surface area contributed by atoms with E-state index in [1.165, 1.54) is 11.1 Å². The van der Waals surface area contributed by atoms with Crippen molar-refractivity contribution in [2.75, 3.05) is 7.05 Å². The second kappa shape index (κ2) is 5.13. The van der Waals surface area contributed by atoms with Crippen LogP contribution in [0.2, 0.25) is 0 Å². The molecule has 3 aromatic rings. The molecule has 0 saturated heterocycles. The average molecular weight is 278 g/mol. The van der Waals surface area contributed by atoms with Gasteiger partial charge in [-0.15, -0.1) is 0 Å². The van der Waals surface area contributed by atoms with Crippen molar-refractivity contribution in [1.29, 1.82) is 0 Å². The van der Waals surface area contributed by atoms with Crippen LogP contribution in [0.3, 0.4) is 0 Å². The highest BCUT2D eigenvalue weighted by atomic mass is 15.1. The maximum atomic E-state index is 4.71. The molecule has 0 atom stereocenters. The fourth-order valence-corrected chi connectivity index (χ4v) is 2.53. The van der Waals surface area contributed by atoms with Gasteiger partial charge in [0.05, 0.1) is 11.4 Å². The van der Waals surface area contributed by atoms with Gasteiger partial charge < -0.3 is 4.40 Å². The first kappa shape index (κ1) is 13.5. The topological polar surface area (TPSA) is 42.0 Å². The minimum absolute atomic E-state index is 0.915. The highest BCUT2D eigenvalue weighted by molar-refractivity contribution is 5.71. The number of hydrogen-bond donors (Lipinski definition) is 0. The molecule has 0 unspecified atom stereocenters. The molecule has 0 aliphatic heterocycles. The summed E-state index contributed by atoms with van der Waals surface area (Å²) >= 11 is 0. The molecule has 0 N–H and O–H groups in total. The summed E-state index contributed by atoms with van der Waals surface area (Å²) in [5.74, 6) is 0. The summed E-state index contributed by atoms with van der Waals surface area (Å²) in [7, 11) is 1.69. The third-order valence-electron chi connectivity index (χ3n) is 3.84. The Morgan fingerprint density at radius 2 is 1.76 bits per heavy atom. The summed E-state index contributed by atoms with van der Waals surface area (Å²) in [6.45, 7) is 6.26. The SMILES string of the molecule is C/N=N/c1ccc(-c2cn3cc(C)ccc3n2)c(C)c1C. The van der Waals surface area contributed by atoms with Gasteiger partial charge in [-0.3, -0.25) is 0 Å². The summed E-state index contributed by atoms with van der Waals surface area (Å²) < 4.78 is 2.07. The van der Waals surface area contributed by atoms with Crippen molar-refractivity contribution in [2.45, 2.75) is 20.8 Å². The molecule has 0 saturated carbocycles. The molecule has 4 heteroatoms. The fourth-order valence-electron chi connectivity index (χ4n) is 2.53. The number of hydrogen-bond acceptors (Lipinski definition) is 3. The van der Waals surface area contributed by atoms with Gasteiger partial charge in [-0.2, -0.15) is 10.2 Å². The number of aryl methyl sites for hydroxylation is 1. The van der Waals surface area contributed by atoms with Gasteiger partial charge >= 0.3 is 0 Å². The van der Waals surface area contributed by atoms with Crippen LogP contribution in [0.25, 0.3) is 16.9 Å². The summed E-state index contributed by atoms with van der Waals surface area (Å²) in [5, 5.41) is 8.02. The maximum absolute atomic E-state index is 4.71. The van der Waals surface area contributed by atoms with Crippen LogP contribution in [0, 0.1) is 20.8 Å². The normalized spacial score (nSPS) is 11.6. The van der Waals surface area contributed by atoms with E-state index in [9.17, 15) is 0 Å². The zero-order valence-electron chi connectivity index (χ0n) is 12.8. The lowest BCUT2D eigenvalue weighted by Gasteiger charge is -2.08. The zero-order valence-corrected chi connectivity index (χ0v) is 12.8. The van der Waals surface area contributed by atoms with Crippen molar-refractivity contribution in [1.82, 2.24) is 9.38 Å². The fraction of sp³-hybridized carbons (Fsp3) is 0.235. The molecule has 0 aliphatic rings. The van der Waals surface area contributed by atoms with Crippen LogP contribution >= 0.6 is 0 Å². The van der Waals surface area contributed by atoms with Crippen LogP contribution < -0.4 is 0 Å². The average Bonchev–Trinajstić information content (AvgIpc) is 2.87. The lowest BCUT2D eigenvalue weighted by Crippen LogP contribution is -1.88. The molecule has 0 spiro atoms. The van der Waals surface area contributed by atoms with Crippen LogP contribution in [-0.2, 0) is 0 Å². The Morgan fingerprint density at radius 1 is 0.952 bits per heavy atom. The van der Waals surface area contributed by atoms with Crippen molar-refractivity contribution in [3.05, 3.63) is 53.3 Å². The Labute approximate surface area is 124 Å². The number of azo groups is 1. The first-order valence-electron chi connectivity index (χ1n) is 6.96. The summed E-state index contributed by atoms with van der Waals surface area (Å²) in [4.78, 5) is 4.71. The second-order valence-electron chi connectivity index (χ2n) is 5.28. The van der Waals surface area contributed by atoms with Gasteiger partial charge in [-0.05, 0) is 49.6 Å². The lowest BCUT2D eigenvalue weighted by atomic mass is 10.00. The molecular formula is C17H18N4. The Bertz CT molecular complexity index is 843. The quantitative estimate of drug-likeness (QED) is 0.630. The summed E-state index contributed by atoms with van der Waals surface area (Å²) in [6, 6.07) is 8.19. The second-order valence-corrected chi connectivity index (χ2v) is 5.28. The zero-order chi connectivity index (χ0) is 15.0. The van der Waals surface area contributed by atoms with Gasteiger partial charge in [0.1, 0.15) is 5.65 Å². The van der Waals surface area contributed by atoms with Gasteiger partial charge in [0.15, 0.2) is 0 Å². The highest BCUT2D eigenvalue weighted by Crippen LogP contribution is 2.31. The van der Waals surface area contributed by atoms with Crippen LogP contribution in [0.5, 0.6) is 0 Å². The molecule has 0 amide bonds. The van der Waals surface area contributed by atoms with Gasteiger partial charge in [-0.1, -0.05) is 12.1 Å². The van der Waals surface area contributed by atoms with E-state index in [0.29, 0.717) is 0 Å². The number of imidazole rings is 1. The number of rotatable bonds is 2. The largest absolute Gasteiger partial charge is 0.306 e. The molecule has 2 heterocycles. The van der Waals surface area contributed by atoms with Crippen LogP contribution in [-0.4, -0.2) is 16.4 Å². The Hall–Kier alpha value is -2.49. The van der Waals surface area contributed by atoms with Crippen molar-refractivity contribution in [3.8, 4) is 11.3 Å². The third-order valence-corrected chi connectivity index (χ3v) is 3.84. The van der Waals surface area contributed by atoms with Crippen molar-refractivity contribution in [3.63, 3.8) is 0 Å². The predicted molar refractivity (Wildman–Crippen MR) is 85.3 cm³/mol. The molecular weight excluding hydrogens is 260 g/mol. The molecule has 0 aliphatic carbocycles. The summed E-state index contributed by atoms with van der Waals surface area (Å²) in [6.07, 6.45) is 4.17. The van der Waals surface area contributed by atoms with Gasteiger partial charge in [0, 0.05) is 25.0 Å². The van der Waals surface area contributed by atoms with Gasteiger partial charge in [0.25, 0.3) is 0 Å². The maximum Gasteiger partial charge on any atom is 0.137 e. The van der Waals surface area contributed by atoms with Crippen LogP contribution in [0.15, 0.2) is 46.9 Å². The molecule has 21 heavy (non-hydrogen) atoms. The van der Waals surface area contributed by atoms with E-state index < -0.39 is 0 Å². The molecule has 3 rings (SSSR count). The van der Waals surface area contributed by atoms with E-state index in [1.807, 2.05) is 12.1 Å². The van der Waals surface area contributed by atoms with Gasteiger partial charge in [0.2, 0.25) is 0 Å². The number of pyridine rings is 1. The van der Waals surface area contributed by atoms with Crippen LogP contribution in [0.1, 0.15) is 16.7 Å². The minimum Gasteiger partial charge on any atom is -0.306 e. The van der Waals surface area contributed by atoms with E-state index in [0.717, 1.165) is 28.2 Å². The standard InChI is InChI=1S/C17H18N4/c1-11-5-8-17-19-16(10-21(17)9-11)14-6-7-15(20-18-4)13(3)12(14)2/h5-10H,1-4H3/b20-18+. The van der Waals surface area contributed by atoms with Crippen molar-refractivity contribution < 1.29 is 0 Å². The van der Waals surface area contributed by atoms with E-state index in [-0.39, 0.29) is 0 Å². The summed E-state index contributed by atoms with van der Waals surface area (Å²) in [5.41, 5.74) is 7.57. The van der Waals surface area contributed by atoms with E-state index in [1.54, 1.807) is 7.05 Å². The lowest BCUT2D eigenvalue weighted by molar-refractivity contribution is 1.14. The minimum atomic E-state index is 0.915. The number of nitrogens with zero attached hydrogens (tertiary/aromatic N) is 4. The molecule has 0 bridgehead atoms. The predicted octanol–water partition coefficient (Wildman–Crippen LogP) is 4.64. The molecule has 2 aromatic heterocycles. The Kier molecular flexibility index (Phi) is 3.29. The van der Waals surface area contributed by atoms with E-state index >= 15 is 0 Å². The first-order valence-corrected chi connectivity index (χ1v) is 6.96. The molecule has 0 radical (unpaired) electrons. The molecule has 4 nitrogen and oxygen atoms in total. The molecule has 106 valence electrons. The van der Waals surface area contributed by atoms with Crippen LogP contribution in [0.4, 0.5) is 5.69 Å². The first-order chi connectivity index (χ1) is 10.1. The van der Waals surface area contributed by atoms with E-state index in [4.69, 9.17) is 4.98 Å². The highest BCUT2D eigenvalue weighted by Gasteiger charge is 2.11. The Morgan fingerprint density at radius 3 is 2.52 bits per heavy atom.